The highest BCUT2D eigenvalue weighted by Gasteiger charge is 2.51. The number of aromatic nitrogens is 2. The molecule has 0 saturated carbocycles. The molecule has 2 aromatic heterocycles. The van der Waals surface area contributed by atoms with E-state index >= 15 is 8.78 Å². The van der Waals surface area contributed by atoms with E-state index < -0.39 is 28.6 Å². The maximum Gasteiger partial charge on any atom is 0.238 e. The van der Waals surface area contributed by atoms with Gasteiger partial charge in [-0.1, -0.05) is 0 Å². The van der Waals surface area contributed by atoms with Crippen LogP contribution in [0, 0.1) is 11.6 Å². The molecule has 1 aromatic carbocycles. The van der Waals surface area contributed by atoms with Crippen LogP contribution in [0.3, 0.4) is 0 Å². The summed E-state index contributed by atoms with van der Waals surface area (Å²) in [6.07, 6.45) is 4.03. The van der Waals surface area contributed by atoms with Crippen molar-refractivity contribution in [2.45, 2.75) is 24.8 Å². The van der Waals surface area contributed by atoms with Crippen LogP contribution in [0.4, 0.5) is 18.4 Å². The van der Waals surface area contributed by atoms with Gasteiger partial charge in [0.25, 0.3) is 0 Å². The quantitative estimate of drug-likeness (QED) is 0.544. The minimum atomic E-state index is -1.04. The van der Waals surface area contributed by atoms with E-state index in [9.17, 15) is 8.68 Å². The number of piperidine rings is 1. The lowest BCUT2D eigenvalue weighted by molar-refractivity contribution is -0.126. The standard InChI is InChI=1S/C23H23F3N4O3S/c1-28-8-5-23(6-9-28)17-13(11-27-21-14(17)4-7-30(21)34-26)12-29(22(23)31)20-18(24)15(32-2)10-16(33-3)19(20)25/h4,7,10-11H,5-6,8-9,12H2,1-3H3. The zero-order chi connectivity index (χ0) is 24.2. The zero-order valence-electron chi connectivity index (χ0n) is 18.9. The van der Waals surface area contributed by atoms with Crippen LogP contribution >= 0.6 is 12.3 Å². The number of hydrogen-bond donors (Lipinski definition) is 0. The summed E-state index contributed by atoms with van der Waals surface area (Å²) in [6.45, 7) is 1.15. The summed E-state index contributed by atoms with van der Waals surface area (Å²) in [5.74, 6) is -2.82. The minimum absolute atomic E-state index is 0.0250. The third kappa shape index (κ3) is 3.17. The number of rotatable bonds is 4. The average Bonchev–Trinajstić information content (AvgIpc) is 3.27. The Labute approximate surface area is 198 Å². The molecule has 0 aliphatic carbocycles. The van der Waals surface area contributed by atoms with Gasteiger partial charge < -0.3 is 19.3 Å². The number of amides is 1. The molecule has 4 heterocycles. The van der Waals surface area contributed by atoms with Crippen LogP contribution in [0.15, 0.2) is 24.5 Å². The van der Waals surface area contributed by atoms with Gasteiger partial charge in [0.15, 0.2) is 41.1 Å². The maximum atomic E-state index is 15.4. The zero-order valence-corrected chi connectivity index (χ0v) is 19.7. The molecule has 3 aromatic rings. The molecule has 7 nitrogen and oxygen atoms in total. The van der Waals surface area contributed by atoms with Gasteiger partial charge in [-0.15, -0.1) is 3.89 Å². The molecule has 34 heavy (non-hydrogen) atoms. The van der Waals surface area contributed by atoms with Crippen molar-refractivity contribution in [2.75, 3.05) is 39.3 Å². The molecule has 0 unspecified atom stereocenters. The Hall–Kier alpha value is -2.92. The van der Waals surface area contributed by atoms with E-state index in [1.807, 2.05) is 7.05 Å². The molecule has 11 heteroatoms. The first-order valence-corrected chi connectivity index (χ1v) is 11.4. The molecule has 0 N–H and O–H groups in total. The Morgan fingerprint density at radius 3 is 2.35 bits per heavy atom. The fourth-order valence-electron chi connectivity index (χ4n) is 5.21. The van der Waals surface area contributed by atoms with Crippen molar-refractivity contribution in [1.82, 2.24) is 13.9 Å². The first-order chi connectivity index (χ1) is 16.4. The lowest BCUT2D eigenvalue weighted by Gasteiger charge is -2.47. The molecule has 180 valence electrons. The summed E-state index contributed by atoms with van der Waals surface area (Å²) >= 11 is 0.0250. The Bertz CT molecular complexity index is 1260. The van der Waals surface area contributed by atoms with Crippen molar-refractivity contribution in [3.8, 4) is 11.5 Å². The van der Waals surface area contributed by atoms with Crippen LogP contribution in [0.25, 0.3) is 11.0 Å². The summed E-state index contributed by atoms with van der Waals surface area (Å²) in [6, 6.07) is 2.86. The normalized spacial score (nSPS) is 17.9. The Morgan fingerprint density at radius 1 is 1.12 bits per heavy atom. The third-order valence-corrected chi connectivity index (χ3v) is 7.40. The summed E-state index contributed by atoms with van der Waals surface area (Å²) in [5, 5.41) is 0.671. The van der Waals surface area contributed by atoms with Crippen molar-refractivity contribution >= 4 is 35.0 Å². The second kappa shape index (κ2) is 8.38. The maximum absolute atomic E-state index is 15.4. The van der Waals surface area contributed by atoms with Crippen LogP contribution in [0.5, 0.6) is 11.5 Å². The van der Waals surface area contributed by atoms with Gasteiger partial charge in [0, 0.05) is 23.8 Å². The number of halogens is 3. The summed E-state index contributed by atoms with van der Waals surface area (Å²) in [4.78, 5) is 21.8. The highest BCUT2D eigenvalue weighted by molar-refractivity contribution is 7.92. The van der Waals surface area contributed by atoms with Gasteiger partial charge in [-0.3, -0.25) is 4.79 Å². The monoisotopic (exact) mass is 492 g/mol. The number of nitrogens with zero attached hydrogens (tertiary/aromatic N) is 4. The van der Waals surface area contributed by atoms with Gasteiger partial charge in [-0.05, 0) is 50.2 Å². The summed E-state index contributed by atoms with van der Waals surface area (Å²) in [5.41, 5.74) is 0.284. The third-order valence-electron chi connectivity index (χ3n) is 6.96. The molecule has 1 spiro atoms. The number of hydrogen-bond acceptors (Lipinski definition) is 6. The van der Waals surface area contributed by atoms with Crippen LogP contribution in [-0.4, -0.2) is 54.1 Å². The number of carbonyl (C=O) groups is 1. The molecule has 2 aliphatic heterocycles. The van der Waals surface area contributed by atoms with Crippen molar-refractivity contribution in [2.24, 2.45) is 0 Å². The first kappa shape index (κ1) is 22.9. The van der Waals surface area contributed by atoms with Gasteiger partial charge in [0.2, 0.25) is 5.91 Å². The topological polar surface area (TPSA) is 59.8 Å². The van der Waals surface area contributed by atoms with Crippen molar-refractivity contribution in [3.05, 3.63) is 47.3 Å². The fourth-order valence-corrected chi connectivity index (χ4v) is 5.52. The number of likely N-dealkylation sites (tertiary alicyclic amines) is 1. The van der Waals surface area contributed by atoms with Crippen LogP contribution in [0.1, 0.15) is 24.0 Å². The number of pyridine rings is 1. The van der Waals surface area contributed by atoms with Crippen LogP contribution in [0.2, 0.25) is 0 Å². The Kier molecular flexibility index (Phi) is 5.64. The molecule has 1 fully saturated rings. The highest BCUT2D eigenvalue weighted by Crippen LogP contribution is 2.49. The van der Waals surface area contributed by atoms with Gasteiger partial charge in [0.1, 0.15) is 5.69 Å². The number of fused-ring (bicyclic) bond motifs is 4. The van der Waals surface area contributed by atoms with E-state index in [1.165, 1.54) is 18.2 Å². The van der Waals surface area contributed by atoms with Crippen molar-refractivity contribution in [3.63, 3.8) is 0 Å². The number of ether oxygens (including phenoxy) is 2. The molecule has 5 rings (SSSR count). The molecule has 0 radical (unpaired) electrons. The second-order valence-electron chi connectivity index (χ2n) is 8.64. The summed E-state index contributed by atoms with van der Waals surface area (Å²) in [7, 11) is 4.49. The first-order valence-electron chi connectivity index (χ1n) is 10.7. The van der Waals surface area contributed by atoms with Crippen molar-refractivity contribution < 1.29 is 26.9 Å². The van der Waals surface area contributed by atoms with E-state index in [2.05, 4.69) is 9.88 Å². The molecule has 0 bridgehead atoms. The largest absolute Gasteiger partial charge is 0.493 e. The summed E-state index contributed by atoms with van der Waals surface area (Å²) < 4.78 is 55.7. The van der Waals surface area contributed by atoms with Crippen LogP contribution < -0.4 is 14.4 Å². The molecule has 2 aliphatic rings. The highest BCUT2D eigenvalue weighted by atomic mass is 32.2. The Balaban J connectivity index is 1.76. The predicted octanol–water partition coefficient (Wildman–Crippen LogP) is 4.22. The SMILES string of the molecule is COc1cc(OC)c(F)c(N2Cc3cnc4c(ccn4SF)c3C3(CCN(C)CC3)C2=O)c1F. The minimum Gasteiger partial charge on any atom is -0.493 e. The predicted molar refractivity (Wildman–Crippen MR) is 123 cm³/mol. The van der Waals surface area contributed by atoms with E-state index in [-0.39, 0.29) is 30.4 Å². The lowest BCUT2D eigenvalue weighted by Crippen LogP contribution is -2.56. The second-order valence-corrected chi connectivity index (χ2v) is 9.17. The molecule has 1 saturated heterocycles. The van der Waals surface area contributed by atoms with E-state index in [0.717, 1.165) is 16.5 Å². The lowest BCUT2D eigenvalue weighted by atomic mass is 9.67. The smallest absolute Gasteiger partial charge is 0.238 e. The molecular weight excluding hydrogens is 469 g/mol. The fraction of sp³-hybridized carbons (Fsp3) is 0.391. The molecule has 1 amide bonds. The number of carbonyl (C=O) groups excluding carboxylic acids is 1. The Morgan fingerprint density at radius 2 is 1.76 bits per heavy atom. The molecule has 0 atom stereocenters. The van der Waals surface area contributed by atoms with Gasteiger partial charge in [-0.2, -0.15) is 0 Å². The number of methoxy groups -OCH3 is 2. The van der Waals surface area contributed by atoms with Crippen LogP contribution in [-0.2, 0) is 16.8 Å². The van der Waals surface area contributed by atoms with Crippen molar-refractivity contribution in [1.29, 1.82) is 0 Å². The van der Waals surface area contributed by atoms with Gasteiger partial charge >= 0.3 is 0 Å². The van der Waals surface area contributed by atoms with Gasteiger partial charge in [0.05, 0.1) is 26.2 Å². The average molecular weight is 493 g/mol. The number of benzene rings is 1. The van der Waals surface area contributed by atoms with E-state index in [4.69, 9.17) is 9.47 Å². The van der Waals surface area contributed by atoms with E-state index in [1.54, 1.807) is 18.5 Å². The van der Waals surface area contributed by atoms with Gasteiger partial charge in [-0.25, -0.2) is 17.7 Å². The number of anilines is 1. The molecular formula is C23H23F3N4O3S. The van der Waals surface area contributed by atoms with E-state index in [0.29, 0.717) is 42.5 Å².